The molecule has 0 saturated carbocycles. The summed E-state index contributed by atoms with van der Waals surface area (Å²) >= 11 is 0. The molecule has 3 nitrogen and oxygen atoms in total. The minimum atomic E-state index is 0.248. The molecule has 0 aromatic heterocycles. The van der Waals surface area contributed by atoms with Crippen LogP contribution in [0.2, 0.25) is 0 Å². The molecular formula is C18H30N2O. The van der Waals surface area contributed by atoms with Gasteiger partial charge < -0.3 is 15.0 Å². The second-order valence-electron chi connectivity index (χ2n) is 7.33. The lowest BCUT2D eigenvalue weighted by Gasteiger charge is -2.23. The van der Waals surface area contributed by atoms with Crippen LogP contribution in [-0.4, -0.2) is 32.8 Å². The minimum absolute atomic E-state index is 0.248. The Balaban J connectivity index is 1.89. The molecule has 1 heterocycles. The van der Waals surface area contributed by atoms with E-state index in [9.17, 15) is 0 Å². The Kier molecular flexibility index (Phi) is 5.28. The number of hydrogen-bond acceptors (Lipinski definition) is 3. The maximum absolute atomic E-state index is 6.05. The largest absolute Gasteiger partial charge is 0.376 e. The Morgan fingerprint density at radius 1 is 1.29 bits per heavy atom. The van der Waals surface area contributed by atoms with Gasteiger partial charge in [0.1, 0.15) is 0 Å². The van der Waals surface area contributed by atoms with Gasteiger partial charge in [-0.15, -0.1) is 0 Å². The Hall–Kier alpha value is -1.06. The van der Waals surface area contributed by atoms with Crippen LogP contribution in [0.4, 0.5) is 5.69 Å². The van der Waals surface area contributed by atoms with Gasteiger partial charge in [-0.3, -0.25) is 0 Å². The van der Waals surface area contributed by atoms with Gasteiger partial charge in [-0.1, -0.05) is 32.9 Å². The van der Waals surface area contributed by atoms with Gasteiger partial charge in [0.05, 0.1) is 12.7 Å². The van der Waals surface area contributed by atoms with Crippen LogP contribution in [-0.2, 0) is 4.74 Å². The first-order chi connectivity index (χ1) is 9.89. The topological polar surface area (TPSA) is 24.5 Å². The highest BCUT2D eigenvalue weighted by atomic mass is 16.5. The van der Waals surface area contributed by atoms with E-state index < -0.39 is 0 Å². The molecular weight excluding hydrogens is 260 g/mol. The van der Waals surface area contributed by atoms with Gasteiger partial charge in [0.2, 0.25) is 0 Å². The minimum Gasteiger partial charge on any atom is -0.376 e. The van der Waals surface area contributed by atoms with Crippen molar-refractivity contribution >= 4 is 5.69 Å². The average molecular weight is 290 g/mol. The first-order valence-corrected chi connectivity index (χ1v) is 8.03. The van der Waals surface area contributed by atoms with Crippen LogP contribution in [0.5, 0.6) is 0 Å². The van der Waals surface area contributed by atoms with Crippen molar-refractivity contribution in [2.45, 2.75) is 46.3 Å². The molecule has 0 spiro atoms. The lowest BCUT2D eigenvalue weighted by atomic mass is 9.98. The monoisotopic (exact) mass is 290 g/mol. The third kappa shape index (κ3) is 4.72. The lowest BCUT2D eigenvalue weighted by molar-refractivity contribution is 0.0205. The lowest BCUT2D eigenvalue weighted by Crippen LogP contribution is -2.26. The molecule has 2 rings (SSSR count). The number of anilines is 1. The van der Waals surface area contributed by atoms with Crippen molar-refractivity contribution in [3.63, 3.8) is 0 Å². The molecule has 0 radical (unpaired) electrons. The first-order valence-electron chi connectivity index (χ1n) is 8.03. The molecule has 0 amide bonds. The molecule has 1 unspecified atom stereocenters. The van der Waals surface area contributed by atoms with Gasteiger partial charge in [0.25, 0.3) is 0 Å². The molecule has 1 aliphatic heterocycles. The molecule has 118 valence electrons. The SMILES string of the molecule is CNC(C)c1ccc(N2CC[C@@H](OCC(C)(C)C)C2)cc1. The van der Waals surface area contributed by atoms with Crippen molar-refractivity contribution in [2.75, 3.05) is 31.6 Å². The van der Waals surface area contributed by atoms with Gasteiger partial charge in [-0.25, -0.2) is 0 Å². The highest BCUT2D eigenvalue weighted by Gasteiger charge is 2.25. The molecule has 1 aromatic rings. The van der Waals surface area contributed by atoms with Crippen molar-refractivity contribution in [1.82, 2.24) is 5.32 Å². The molecule has 1 aliphatic rings. The molecule has 2 atom stereocenters. The summed E-state index contributed by atoms with van der Waals surface area (Å²) in [5.41, 5.74) is 2.89. The Labute approximate surface area is 129 Å². The molecule has 0 aliphatic carbocycles. The summed E-state index contributed by atoms with van der Waals surface area (Å²) in [6, 6.07) is 9.31. The summed E-state index contributed by atoms with van der Waals surface area (Å²) in [5.74, 6) is 0. The van der Waals surface area contributed by atoms with Crippen LogP contribution >= 0.6 is 0 Å². The quantitative estimate of drug-likeness (QED) is 0.896. The number of rotatable bonds is 5. The summed E-state index contributed by atoms with van der Waals surface area (Å²) < 4.78 is 6.05. The summed E-state index contributed by atoms with van der Waals surface area (Å²) in [6.07, 6.45) is 1.50. The summed E-state index contributed by atoms with van der Waals surface area (Å²) in [5, 5.41) is 3.27. The van der Waals surface area contributed by atoms with Crippen molar-refractivity contribution in [2.24, 2.45) is 5.41 Å². The van der Waals surface area contributed by atoms with E-state index in [0.717, 1.165) is 26.1 Å². The smallest absolute Gasteiger partial charge is 0.0767 e. The zero-order valence-corrected chi connectivity index (χ0v) is 14.1. The van der Waals surface area contributed by atoms with E-state index in [0.29, 0.717) is 12.1 Å². The van der Waals surface area contributed by atoms with Crippen molar-refractivity contribution in [3.05, 3.63) is 29.8 Å². The van der Waals surface area contributed by atoms with Gasteiger partial charge >= 0.3 is 0 Å². The third-order valence-corrected chi connectivity index (χ3v) is 4.09. The van der Waals surface area contributed by atoms with Gasteiger partial charge in [-0.05, 0) is 43.5 Å². The molecule has 21 heavy (non-hydrogen) atoms. The second kappa shape index (κ2) is 6.80. The highest BCUT2D eigenvalue weighted by Crippen LogP contribution is 2.25. The number of ether oxygens (including phenoxy) is 1. The maximum Gasteiger partial charge on any atom is 0.0767 e. The Morgan fingerprint density at radius 3 is 2.52 bits per heavy atom. The predicted octanol–water partition coefficient (Wildman–Crippen LogP) is 3.61. The van der Waals surface area contributed by atoms with Crippen LogP contribution in [0.3, 0.4) is 0 Å². The molecule has 3 heteroatoms. The van der Waals surface area contributed by atoms with Crippen molar-refractivity contribution in [1.29, 1.82) is 0 Å². The number of hydrogen-bond donors (Lipinski definition) is 1. The van der Waals surface area contributed by atoms with E-state index in [2.05, 4.69) is 62.2 Å². The van der Waals surface area contributed by atoms with Crippen LogP contribution in [0, 0.1) is 5.41 Å². The fraction of sp³-hybridized carbons (Fsp3) is 0.667. The van der Waals surface area contributed by atoms with Gasteiger partial charge in [0, 0.05) is 24.8 Å². The van der Waals surface area contributed by atoms with Gasteiger partial charge in [-0.2, -0.15) is 0 Å². The average Bonchev–Trinajstić information content (AvgIpc) is 2.93. The summed E-state index contributed by atoms with van der Waals surface area (Å²) in [6.45, 7) is 11.8. The zero-order chi connectivity index (χ0) is 15.5. The van der Waals surface area contributed by atoms with E-state index in [-0.39, 0.29) is 5.41 Å². The predicted molar refractivity (Wildman–Crippen MR) is 89.9 cm³/mol. The Bertz CT molecular complexity index is 436. The van der Waals surface area contributed by atoms with E-state index in [1.54, 1.807) is 0 Å². The maximum atomic E-state index is 6.05. The van der Waals surface area contributed by atoms with E-state index in [1.807, 2.05) is 7.05 Å². The van der Waals surface area contributed by atoms with Crippen LogP contribution < -0.4 is 10.2 Å². The van der Waals surface area contributed by atoms with Crippen LogP contribution in [0.1, 0.15) is 45.7 Å². The third-order valence-electron chi connectivity index (χ3n) is 4.09. The van der Waals surface area contributed by atoms with Crippen LogP contribution in [0.25, 0.3) is 0 Å². The fourth-order valence-corrected chi connectivity index (χ4v) is 2.61. The van der Waals surface area contributed by atoms with E-state index in [1.165, 1.54) is 11.3 Å². The summed E-state index contributed by atoms with van der Waals surface area (Å²) in [7, 11) is 2.00. The van der Waals surface area contributed by atoms with Crippen molar-refractivity contribution in [3.8, 4) is 0 Å². The summed E-state index contributed by atoms with van der Waals surface area (Å²) in [4.78, 5) is 2.43. The molecule has 0 bridgehead atoms. The molecule has 1 N–H and O–H groups in total. The van der Waals surface area contributed by atoms with E-state index in [4.69, 9.17) is 4.74 Å². The Morgan fingerprint density at radius 2 is 1.95 bits per heavy atom. The molecule has 1 saturated heterocycles. The fourth-order valence-electron chi connectivity index (χ4n) is 2.61. The standard InChI is InChI=1S/C18H30N2O/c1-14(19-5)15-6-8-16(9-7-15)20-11-10-17(12-20)21-13-18(2,3)4/h6-9,14,17,19H,10-13H2,1-5H3/t14?,17-/m1/s1. The van der Waals surface area contributed by atoms with E-state index >= 15 is 0 Å². The number of nitrogens with zero attached hydrogens (tertiary/aromatic N) is 1. The van der Waals surface area contributed by atoms with Crippen LogP contribution in [0.15, 0.2) is 24.3 Å². The second-order valence-corrected chi connectivity index (χ2v) is 7.33. The normalized spacial score (nSPS) is 20.8. The van der Waals surface area contributed by atoms with Crippen molar-refractivity contribution < 1.29 is 4.74 Å². The highest BCUT2D eigenvalue weighted by molar-refractivity contribution is 5.49. The molecule has 1 fully saturated rings. The first kappa shape index (κ1) is 16.3. The number of nitrogens with one attached hydrogen (secondary N) is 1. The van der Waals surface area contributed by atoms with Gasteiger partial charge in [0.15, 0.2) is 0 Å². The zero-order valence-electron chi connectivity index (χ0n) is 14.1. The number of benzene rings is 1. The molecule has 1 aromatic carbocycles.